The van der Waals surface area contributed by atoms with Gasteiger partial charge in [0.25, 0.3) is 0 Å². The van der Waals surface area contributed by atoms with E-state index < -0.39 is 6.67 Å². The van der Waals surface area contributed by atoms with Gasteiger partial charge in [-0.2, -0.15) is 0 Å². The van der Waals surface area contributed by atoms with Crippen molar-refractivity contribution in [3.8, 4) is 0 Å². The summed E-state index contributed by atoms with van der Waals surface area (Å²) in [5.41, 5.74) is 7.79. The largest absolute Gasteiger partial charge is 0.397 e. The lowest BCUT2D eigenvalue weighted by atomic mass is 10.2. The average Bonchev–Trinajstić information content (AvgIpc) is 2.88. The fourth-order valence-corrected chi connectivity index (χ4v) is 1.29. The predicted molar refractivity (Wildman–Crippen MR) is 45.4 cm³/mol. The summed E-state index contributed by atoms with van der Waals surface area (Å²) in [5, 5.41) is 0. The molecule has 1 saturated carbocycles. The number of pyridine rings is 1. The maximum Gasteiger partial charge on any atom is 0.131 e. The summed E-state index contributed by atoms with van der Waals surface area (Å²) < 4.78 is 12.2. The Balaban J connectivity index is 2.36. The van der Waals surface area contributed by atoms with Crippen LogP contribution in [0.5, 0.6) is 0 Å². The highest BCUT2D eigenvalue weighted by atomic mass is 19.1. The van der Waals surface area contributed by atoms with Gasteiger partial charge < -0.3 is 5.73 Å². The molecule has 0 atom stereocenters. The summed E-state index contributed by atoms with van der Waals surface area (Å²) in [6.07, 6.45) is 2.29. The number of nitrogen functional groups attached to an aromatic ring is 1. The van der Waals surface area contributed by atoms with Crippen LogP contribution in [-0.2, 0) is 6.67 Å². The molecule has 0 bridgehead atoms. The molecule has 0 unspecified atom stereocenters. The summed E-state index contributed by atoms with van der Waals surface area (Å²) in [5.74, 6) is 0.497. The fourth-order valence-electron chi connectivity index (χ4n) is 1.29. The van der Waals surface area contributed by atoms with Crippen molar-refractivity contribution in [1.29, 1.82) is 0 Å². The van der Waals surface area contributed by atoms with Crippen molar-refractivity contribution in [2.24, 2.45) is 0 Å². The first kappa shape index (κ1) is 7.53. The van der Waals surface area contributed by atoms with Crippen LogP contribution in [0.3, 0.4) is 0 Å². The molecule has 0 saturated heterocycles. The molecule has 3 heteroatoms. The minimum atomic E-state index is -0.500. The highest BCUT2D eigenvalue weighted by molar-refractivity contribution is 5.46. The third kappa shape index (κ3) is 1.26. The van der Waals surface area contributed by atoms with Gasteiger partial charge in [-0.3, -0.25) is 4.98 Å². The van der Waals surface area contributed by atoms with Crippen LogP contribution in [0.25, 0.3) is 0 Å². The van der Waals surface area contributed by atoms with Crippen LogP contribution in [0.1, 0.15) is 30.1 Å². The minimum absolute atomic E-state index is 0.492. The van der Waals surface area contributed by atoms with E-state index in [2.05, 4.69) is 4.98 Å². The zero-order valence-electron chi connectivity index (χ0n) is 6.76. The van der Waals surface area contributed by atoms with E-state index in [1.807, 2.05) is 0 Å². The van der Waals surface area contributed by atoms with Crippen molar-refractivity contribution in [2.45, 2.75) is 25.4 Å². The maximum absolute atomic E-state index is 12.2. The molecule has 0 aromatic carbocycles. The Hall–Kier alpha value is -1.12. The topological polar surface area (TPSA) is 38.9 Å². The molecule has 0 spiro atoms. The van der Waals surface area contributed by atoms with Crippen LogP contribution in [0.4, 0.5) is 10.1 Å². The van der Waals surface area contributed by atoms with Gasteiger partial charge in [-0.15, -0.1) is 0 Å². The molecule has 12 heavy (non-hydrogen) atoms. The number of alkyl halides is 1. The van der Waals surface area contributed by atoms with Crippen molar-refractivity contribution in [1.82, 2.24) is 4.98 Å². The SMILES string of the molecule is Nc1ccc(CF)nc1C1CC1. The molecule has 2 N–H and O–H groups in total. The molecule has 0 radical (unpaired) electrons. The monoisotopic (exact) mass is 166 g/mol. The van der Waals surface area contributed by atoms with E-state index in [-0.39, 0.29) is 0 Å². The number of nitrogens with zero attached hydrogens (tertiary/aromatic N) is 1. The van der Waals surface area contributed by atoms with E-state index in [1.54, 1.807) is 12.1 Å². The highest BCUT2D eigenvalue weighted by Crippen LogP contribution is 2.41. The Labute approximate surface area is 70.6 Å². The van der Waals surface area contributed by atoms with Gasteiger partial charge in [0.15, 0.2) is 0 Å². The van der Waals surface area contributed by atoms with Gasteiger partial charge in [0, 0.05) is 5.92 Å². The molecule has 2 rings (SSSR count). The van der Waals surface area contributed by atoms with E-state index in [4.69, 9.17) is 5.73 Å². The first-order valence-electron chi connectivity index (χ1n) is 4.12. The van der Waals surface area contributed by atoms with Crippen molar-refractivity contribution in [2.75, 3.05) is 5.73 Å². The summed E-state index contributed by atoms with van der Waals surface area (Å²) in [4.78, 5) is 4.15. The van der Waals surface area contributed by atoms with Gasteiger partial charge in [-0.05, 0) is 25.0 Å². The van der Waals surface area contributed by atoms with Crippen molar-refractivity contribution < 1.29 is 4.39 Å². The van der Waals surface area contributed by atoms with E-state index in [0.717, 1.165) is 18.5 Å². The molecule has 0 amide bonds. The molecule has 0 aliphatic heterocycles. The van der Waals surface area contributed by atoms with Crippen LogP contribution >= 0.6 is 0 Å². The number of hydrogen-bond acceptors (Lipinski definition) is 2. The van der Waals surface area contributed by atoms with Crippen molar-refractivity contribution >= 4 is 5.69 Å². The minimum Gasteiger partial charge on any atom is -0.397 e. The number of nitrogens with two attached hydrogens (primary N) is 1. The van der Waals surface area contributed by atoms with Gasteiger partial charge >= 0.3 is 0 Å². The van der Waals surface area contributed by atoms with Crippen molar-refractivity contribution in [3.63, 3.8) is 0 Å². The van der Waals surface area contributed by atoms with Crippen LogP contribution in [0.2, 0.25) is 0 Å². The Morgan fingerprint density at radius 2 is 2.25 bits per heavy atom. The molecule has 2 nitrogen and oxygen atoms in total. The third-order valence-electron chi connectivity index (χ3n) is 2.12. The van der Waals surface area contributed by atoms with Crippen LogP contribution in [0, 0.1) is 0 Å². The molecular weight excluding hydrogens is 155 g/mol. The van der Waals surface area contributed by atoms with Gasteiger partial charge in [-0.1, -0.05) is 0 Å². The smallest absolute Gasteiger partial charge is 0.131 e. The van der Waals surface area contributed by atoms with Gasteiger partial charge in [0.1, 0.15) is 6.67 Å². The average molecular weight is 166 g/mol. The first-order chi connectivity index (χ1) is 5.81. The fraction of sp³-hybridized carbons (Fsp3) is 0.444. The number of anilines is 1. The van der Waals surface area contributed by atoms with E-state index in [0.29, 0.717) is 17.3 Å². The Bertz CT molecular complexity index is 295. The summed E-state index contributed by atoms with van der Waals surface area (Å²) >= 11 is 0. The Morgan fingerprint density at radius 1 is 1.50 bits per heavy atom. The normalized spacial score (nSPS) is 16.4. The van der Waals surface area contributed by atoms with Crippen LogP contribution < -0.4 is 5.73 Å². The second-order valence-electron chi connectivity index (χ2n) is 3.18. The number of aromatic nitrogens is 1. The predicted octanol–water partition coefficient (Wildman–Crippen LogP) is 2.01. The highest BCUT2D eigenvalue weighted by Gasteiger charge is 2.27. The lowest BCUT2D eigenvalue weighted by Gasteiger charge is -2.03. The van der Waals surface area contributed by atoms with E-state index >= 15 is 0 Å². The lowest BCUT2D eigenvalue weighted by molar-refractivity contribution is 0.475. The molecule has 1 fully saturated rings. The maximum atomic E-state index is 12.2. The summed E-state index contributed by atoms with van der Waals surface area (Å²) in [6, 6.07) is 3.39. The summed E-state index contributed by atoms with van der Waals surface area (Å²) in [6.45, 7) is -0.500. The second kappa shape index (κ2) is 2.73. The first-order valence-corrected chi connectivity index (χ1v) is 4.12. The zero-order valence-corrected chi connectivity index (χ0v) is 6.76. The molecule has 1 aromatic heterocycles. The molecule has 1 aliphatic carbocycles. The molecule has 64 valence electrons. The molecule has 1 heterocycles. The number of rotatable bonds is 2. The quantitative estimate of drug-likeness (QED) is 0.729. The van der Waals surface area contributed by atoms with Crippen LogP contribution in [0.15, 0.2) is 12.1 Å². The molecule has 1 aliphatic rings. The summed E-state index contributed by atoms with van der Waals surface area (Å²) in [7, 11) is 0. The van der Waals surface area contributed by atoms with Gasteiger partial charge in [0.05, 0.1) is 17.1 Å². The zero-order chi connectivity index (χ0) is 8.55. The van der Waals surface area contributed by atoms with E-state index in [9.17, 15) is 4.39 Å². The number of halogens is 1. The van der Waals surface area contributed by atoms with E-state index in [1.165, 1.54) is 0 Å². The second-order valence-corrected chi connectivity index (χ2v) is 3.18. The van der Waals surface area contributed by atoms with Crippen LogP contribution in [-0.4, -0.2) is 4.98 Å². The van der Waals surface area contributed by atoms with Gasteiger partial charge in [0.2, 0.25) is 0 Å². The number of hydrogen-bond donors (Lipinski definition) is 1. The van der Waals surface area contributed by atoms with Crippen molar-refractivity contribution in [3.05, 3.63) is 23.5 Å². The Kier molecular flexibility index (Phi) is 1.71. The van der Waals surface area contributed by atoms with Gasteiger partial charge in [-0.25, -0.2) is 4.39 Å². The molecular formula is C9H11FN2. The third-order valence-corrected chi connectivity index (χ3v) is 2.12. The lowest BCUT2D eigenvalue weighted by Crippen LogP contribution is -1.98. The standard InChI is InChI=1S/C9H11FN2/c10-5-7-3-4-8(11)9(12-7)6-1-2-6/h3-4,6H,1-2,5,11H2. The molecule has 1 aromatic rings. The Morgan fingerprint density at radius 3 is 2.83 bits per heavy atom.